The molecule has 1 fully saturated rings. The maximum Gasteiger partial charge on any atom is 0.226 e. The molecule has 92 valence electrons. The van der Waals surface area contributed by atoms with Crippen molar-refractivity contribution in [2.45, 2.75) is 12.5 Å². The lowest BCUT2D eigenvalue weighted by molar-refractivity contribution is -0.127. The van der Waals surface area contributed by atoms with E-state index in [1.54, 1.807) is 19.0 Å². The summed E-state index contributed by atoms with van der Waals surface area (Å²) < 4.78 is 0. The highest BCUT2D eigenvalue weighted by molar-refractivity contribution is 5.78. The normalized spacial score (nSPS) is 15.2. The number of rotatable bonds is 4. The molecule has 1 heterocycles. The van der Waals surface area contributed by atoms with Crippen LogP contribution in [-0.4, -0.2) is 44.0 Å². The fraction of sp³-hybridized carbons (Fsp3) is 0.462. The average molecular weight is 233 g/mol. The van der Waals surface area contributed by atoms with Gasteiger partial charge in [0.25, 0.3) is 0 Å². The topological polar surface area (TPSA) is 44.4 Å². The predicted molar refractivity (Wildman–Crippen MR) is 69.1 cm³/mol. The molecule has 0 unspecified atom stereocenters. The van der Waals surface area contributed by atoms with Crippen molar-refractivity contribution in [2.75, 3.05) is 32.5 Å². The van der Waals surface area contributed by atoms with Crippen molar-refractivity contribution in [3.05, 3.63) is 29.8 Å². The zero-order valence-corrected chi connectivity index (χ0v) is 10.4. The van der Waals surface area contributed by atoms with E-state index in [0.29, 0.717) is 12.5 Å². The summed E-state index contributed by atoms with van der Waals surface area (Å²) >= 11 is 0. The summed E-state index contributed by atoms with van der Waals surface area (Å²) in [5.74, 6) is 0.133. The molecule has 4 heteroatoms. The van der Waals surface area contributed by atoms with Crippen LogP contribution in [0.5, 0.6) is 0 Å². The maximum absolute atomic E-state index is 11.5. The van der Waals surface area contributed by atoms with Crippen LogP contribution in [0, 0.1) is 0 Å². The highest BCUT2D eigenvalue weighted by Crippen LogP contribution is 2.12. The van der Waals surface area contributed by atoms with E-state index >= 15 is 0 Å². The summed E-state index contributed by atoms with van der Waals surface area (Å²) in [6.07, 6.45) is 0.471. The third-order valence-electron chi connectivity index (χ3n) is 2.96. The molecule has 1 aliphatic rings. The van der Waals surface area contributed by atoms with Gasteiger partial charge in [0.2, 0.25) is 5.91 Å². The molecule has 2 N–H and O–H groups in total. The second-order valence-corrected chi connectivity index (χ2v) is 4.66. The van der Waals surface area contributed by atoms with Gasteiger partial charge in [-0.25, -0.2) is 0 Å². The number of hydrogen-bond donors (Lipinski definition) is 2. The Morgan fingerprint density at radius 3 is 2.47 bits per heavy atom. The molecule has 0 atom stereocenters. The number of amides is 1. The van der Waals surface area contributed by atoms with E-state index in [-0.39, 0.29) is 5.91 Å². The van der Waals surface area contributed by atoms with Crippen LogP contribution in [0.4, 0.5) is 5.69 Å². The van der Waals surface area contributed by atoms with E-state index in [9.17, 15) is 4.79 Å². The first-order valence-corrected chi connectivity index (χ1v) is 5.91. The molecule has 0 bridgehead atoms. The number of likely N-dealkylation sites (N-methyl/N-ethyl adjacent to an activating group) is 1. The van der Waals surface area contributed by atoms with Gasteiger partial charge in [-0.15, -0.1) is 0 Å². The lowest BCUT2D eigenvalue weighted by Gasteiger charge is -2.29. The number of benzene rings is 1. The standard InChI is InChI=1S/C13H19N3O/c1-16(2)13(17)7-10-3-5-11(6-4-10)15-12-8-14-9-12/h3-6,12,14-15H,7-9H2,1-2H3. The van der Waals surface area contributed by atoms with Crippen molar-refractivity contribution in [1.82, 2.24) is 10.2 Å². The van der Waals surface area contributed by atoms with Crippen LogP contribution in [0.15, 0.2) is 24.3 Å². The van der Waals surface area contributed by atoms with Crippen molar-refractivity contribution >= 4 is 11.6 Å². The Hall–Kier alpha value is -1.55. The van der Waals surface area contributed by atoms with Crippen LogP contribution < -0.4 is 10.6 Å². The monoisotopic (exact) mass is 233 g/mol. The maximum atomic E-state index is 11.5. The van der Waals surface area contributed by atoms with Gasteiger partial charge in [-0.3, -0.25) is 4.79 Å². The molecule has 0 saturated carbocycles. The summed E-state index contributed by atoms with van der Waals surface area (Å²) in [6.45, 7) is 2.06. The lowest BCUT2D eigenvalue weighted by Crippen LogP contribution is -2.51. The molecule has 1 aromatic carbocycles. The minimum atomic E-state index is 0.133. The van der Waals surface area contributed by atoms with E-state index in [1.807, 2.05) is 24.3 Å². The van der Waals surface area contributed by atoms with Crippen LogP contribution in [0.25, 0.3) is 0 Å². The van der Waals surface area contributed by atoms with Crippen LogP contribution in [0.2, 0.25) is 0 Å². The average Bonchev–Trinajstić information content (AvgIpc) is 2.25. The Morgan fingerprint density at radius 2 is 2.00 bits per heavy atom. The molecule has 0 aliphatic carbocycles. The third kappa shape index (κ3) is 3.20. The molecule has 1 aliphatic heterocycles. The van der Waals surface area contributed by atoms with Crippen LogP contribution >= 0.6 is 0 Å². The number of carbonyl (C=O) groups is 1. The molecular weight excluding hydrogens is 214 g/mol. The van der Waals surface area contributed by atoms with Gasteiger partial charge in [-0.2, -0.15) is 0 Å². The Labute approximate surface area is 102 Å². The van der Waals surface area contributed by atoms with Crippen molar-refractivity contribution in [1.29, 1.82) is 0 Å². The van der Waals surface area contributed by atoms with Crippen LogP contribution in [-0.2, 0) is 11.2 Å². The Bertz CT molecular complexity index is 382. The van der Waals surface area contributed by atoms with E-state index in [2.05, 4.69) is 10.6 Å². The molecule has 17 heavy (non-hydrogen) atoms. The Morgan fingerprint density at radius 1 is 1.35 bits per heavy atom. The van der Waals surface area contributed by atoms with E-state index in [4.69, 9.17) is 0 Å². The van der Waals surface area contributed by atoms with Gasteiger partial charge in [-0.1, -0.05) is 12.1 Å². The smallest absolute Gasteiger partial charge is 0.226 e. The second-order valence-electron chi connectivity index (χ2n) is 4.66. The van der Waals surface area contributed by atoms with E-state index in [1.165, 1.54) is 0 Å². The van der Waals surface area contributed by atoms with Crippen molar-refractivity contribution in [3.8, 4) is 0 Å². The number of nitrogens with zero attached hydrogens (tertiary/aromatic N) is 1. The second kappa shape index (κ2) is 5.19. The van der Waals surface area contributed by atoms with Gasteiger partial charge < -0.3 is 15.5 Å². The first-order chi connectivity index (χ1) is 8.15. The molecule has 0 radical (unpaired) electrons. The minimum absolute atomic E-state index is 0.133. The molecule has 1 aromatic rings. The third-order valence-corrected chi connectivity index (χ3v) is 2.96. The van der Waals surface area contributed by atoms with Gasteiger partial charge in [0.05, 0.1) is 12.5 Å². The quantitative estimate of drug-likeness (QED) is 0.804. The zero-order valence-electron chi connectivity index (χ0n) is 10.4. The van der Waals surface area contributed by atoms with Gasteiger partial charge in [0.15, 0.2) is 0 Å². The number of hydrogen-bond acceptors (Lipinski definition) is 3. The molecule has 2 rings (SSSR count). The van der Waals surface area contributed by atoms with Crippen molar-refractivity contribution in [3.63, 3.8) is 0 Å². The van der Waals surface area contributed by atoms with Gasteiger partial charge >= 0.3 is 0 Å². The fourth-order valence-electron chi connectivity index (χ4n) is 1.68. The predicted octanol–water partition coefficient (Wildman–Crippen LogP) is 0.701. The first kappa shape index (κ1) is 11.9. The molecule has 0 spiro atoms. The highest BCUT2D eigenvalue weighted by atomic mass is 16.2. The van der Waals surface area contributed by atoms with Gasteiger partial charge in [0.1, 0.15) is 0 Å². The first-order valence-electron chi connectivity index (χ1n) is 5.91. The summed E-state index contributed by atoms with van der Waals surface area (Å²) in [5.41, 5.74) is 2.18. The SMILES string of the molecule is CN(C)C(=O)Cc1ccc(NC2CNC2)cc1. The summed E-state index contributed by atoms with van der Waals surface area (Å²) in [4.78, 5) is 13.1. The van der Waals surface area contributed by atoms with Crippen LogP contribution in [0.3, 0.4) is 0 Å². The fourth-order valence-corrected chi connectivity index (χ4v) is 1.68. The lowest BCUT2D eigenvalue weighted by atomic mass is 10.1. The van der Waals surface area contributed by atoms with Crippen molar-refractivity contribution in [2.24, 2.45) is 0 Å². The Kier molecular flexibility index (Phi) is 3.64. The molecule has 0 aromatic heterocycles. The number of carbonyl (C=O) groups excluding carboxylic acids is 1. The van der Waals surface area contributed by atoms with Crippen molar-refractivity contribution < 1.29 is 4.79 Å². The molecule has 1 amide bonds. The van der Waals surface area contributed by atoms with Crippen LogP contribution in [0.1, 0.15) is 5.56 Å². The summed E-state index contributed by atoms with van der Waals surface area (Å²) in [5, 5.41) is 6.64. The molecular formula is C13H19N3O. The Balaban J connectivity index is 1.90. The van der Waals surface area contributed by atoms with E-state index < -0.39 is 0 Å². The zero-order chi connectivity index (χ0) is 12.3. The minimum Gasteiger partial charge on any atom is -0.380 e. The largest absolute Gasteiger partial charge is 0.380 e. The molecule has 1 saturated heterocycles. The molecule has 4 nitrogen and oxygen atoms in total. The number of nitrogens with one attached hydrogen (secondary N) is 2. The summed E-state index contributed by atoms with van der Waals surface area (Å²) in [7, 11) is 3.56. The highest BCUT2D eigenvalue weighted by Gasteiger charge is 2.15. The summed E-state index contributed by atoms with van der Waals surface area (Å²) in [6, 6.07) is 8.64. The van der Waals surface area contributed by atoms with Gasteiger partial charge in [0, 0.05) is 32.9 Å². The van der Waals surface area contributed by atoms with Gasteiger partial charge in [-0.05, 0) is 17.7 Å². The van der Waals surface area contributed by atoms with E-state index in [0.717, 1.165) is 24.3 Å². The number of anilines is 1.